The summed E-state index contributed by atoms with van der Waals surface area (Å²) in [6, 6.07) is 22.8. The lowest BCUT2D eigenvalue weighted by Crippen LogP contribution is -2.33. The Kier molecular flexibility index (Phi) is 6.74. The van der Waals surface area contributed by atoms with Crippen LogP contribution in [-0.2, 0) is 4.74 Å². The van der Waals surface area contributed by atoms with Crippen molar-refractivity contribution >= 4 is 17.6 Å². The molecule has 1 aliphatic rings. The standard InChI is InChI=1S/C27H25NO5/c1-2-32-26(29)24-13-10-21(19-14-16-28(17-15-19)27(30)31)18-25(24)20-8-11-23(12-9-20)33-22-6-4-3-5-7-22/h3-14,18H,2,15-17H2,1H3,(H,30,31). The van der Waals surface area contributed by atoms with Crippen LogP contribution in [0.1, 0.15) is 29.3 Å². The molecule has 1 heterocycles. The van der Waals surface area contributed by atoms with Crippen molar-refractivity contribution in [2.24, 2.45) is 0 Å². The highest BCUT2D eigenvalue weighted by Crippen LogP contribution is 2.32. The maximum Gasteiger partial charge on any atom is 0.407 e. The minimum absolute atomic E-state index is 0.292. The quantitative estimate of drug-likeness (QED) is 0.467. The van der Waals surface area contributed by atoms with E-state index < -0.39 is 6.09 Å². The predicted molar refractivity (Wildman–Crippen MR) is 127 cm³/mol. The third-order valence-electron chi connectivity index (χ3n) is 5.51. The molecule has 0 saturated carbocycles. The summed E-state index contributed by atoms with van der Waals surface area (Å²) in [5.41, 5.74) is 4.14. The van der Waals surface area contributed by atoms with Crippen LogP contribution >= 0.6 is 0 Å². The smallest absolute Gasteiger partial charge is 0.407 e. The Balaban J connectivity index is 1.65. The first kappa shape index (κ1) is 22.1. The van der Waals surface area contributed by atoms with Gasteiger partial charge in [-0.1, -0.05) is 42.5 Å². The summed E-state index contributed by atoms with van der Waals surface area (Å²) in [6.45, 7) is 2.87. The van der Waals surface area contributed by atoms with Gasteiger partial charge in [0.25, 0.3) is 0 Å². The first-order valence-corrected chi connectivity index (χ1v) is 10.9. The van der Waals surface area contributed by atoms with E-state index >= 15 is 0 Å². The lowest BCUT2D eigenvalue weighted by molar-refractivity contribution is 0.0527. The van der Waals surface area contributed by atoms with Crippen LogP contribution in [-0.4, -0.2) is 41.8 Å². The second kappa shape index (κ2) is 10.0. The fraction of sp³-hybridized carbons (Fsp3) is 0.185. The van der Waals surface area contributed by atoms with Gasteiger partial charge < -0.3 is 19.5 Å². The number of esters is 1. The zero-order valence-corrected chi connectivity index (χ0v) is 18.4. The molecule has 1 amide bonds. The lowest BCUT2D eigenvalue weighted by Gasteiger charge is -2.24. The number of rotatable bonds is 6. The van der Waals surface area contributed by atoms with Gasteiger partial charge in [-0.05, 0) is 72.0 Å². The minimum atomic E-state index is -0.915. The second-order valence-electron chi connectivity index (χ2n) is 7.63. The Morgan fingerprint density at radius 2 is 1.64 bits per heavy atom. The molecule has 0 saturated heterocycles. The molecule has 0 spiro atoms. The highest BCUT2D eigenvalue weighted by molar-refractivity contribution is 5.98. The van der Waals surface area contributed by atoms with E-state index in [0.29, 0.717) is 37.4 Å². The van der Waals surface area contributed by atoms with E-state index in [2.05, 4.69) is 0 Å². The number of benzene rings is 3. The van der Waals surface area contributed by atoms with E-state index in [1.807, 2.05) is 72.8 Å². The highest BCUT2D eigenvalue weighted by Gasteiger charge is 2.20. The number of nitrogens with zero attached hydrogens (tertiary/aromatic N) is 1. The van der Waals surface area contributed by atoms with E-state index in [-0.39, 0.29) is 5.97 Å². The van der Waals surface area contributed by atoms with Crippen LogP contribution in [0, 0.1) is 0 Å². The summed E-state index contributed by atoms with van der Waals surface area (Å²) in [5, 5.41) is 9.19. The predicted octanol–water partition coefficient (Wildman–Crippen LogP) is 6.09. The first-order valence-electron chi connectivity index (χ1n) is 10.9. The fourth-order valence-electron chi connectivity index (χ4n) is 3.80. The number of carboxylic acid groups (broad SMARTS) is 1. The van der Waals surface area contributed by atoms with Crippen molar-refractivity contribution in [3.8, 4) is 22.6 Å². The monoisotopic (exact) mass is 443 g/mol. The van der Waals surface area contributed by atoms with Crippen molar-refractivity contribution in [2.45, 2.75) is 13.3 Å². The van der Waals surface area contributed by atoms with Gasteiger partial charge in [-0.15, -0.1) is 0 Å². The molecule has 0 aliphatic carbocycles. The SMILES string of the molecule is CCOC(=O)c1ccc(C2=CCN(C(=O)O)CC2)cc1-c1ccc(Oc2ccccc2)cc1. The second-order valence-corrected chi connectivity index (χ2v) is 7.63. The van der Waals surface area contributed by atoms with E-state index in [1.54, 1.807) is 13.0 Å². The molecular formula is C27H25NO5. The van der Waals surface area contributed by atoms with Crippen molar-refractivity contribution in [2.75, 3.05) is 19.7 Å². The summed E-state index contributed by atoms with van der Waals surface area (Å²) < 4.78 is 11.1. The summed E-state index contributed by atoms with van der Waals surface area (Å²) in [4.78, 5) is 25.2. The van der Waals surface area contributed by atoms with Gasteiger partial charge in [-0.2, -0.15) is 0 Å². The van der Waals surface area contributed by atoms with E-state index in [0.717, 1.165) is 28.0 Å². The van der Waals surface area contributed by atoms with Gasteiger partial charge >= 0.3 is 12.1 Å². The molecule has 0 aromatic heterocycles. The van der Waals surface area contributed by atoms with Gasteiger partial charge in [0.1, 0.15) is 11.5 Å². The third-order valence-corrected chi connectivity index (χ3v) is 5.51. The van der Waals surface area contributed by atoms with Crippen molar-refractivity contribution in [3.63, 3.8) is 0 Å². The highest BCUT2D eigenvalue weighted by atomic mass is 16.5. The van der Waals surface area contributed by atoms with E-state index in [9.17, 15) is 14.7 Å². The number of hydrogen-bond donors (Lipinski definition) is 1. The van der Waals surface area contributed by atoms with Crippen molar-refractivity contribution in [3.05, 3.63) is 90.0 Å². The van der Waals surface area contributed by atoms with Crippen LogP contribution in [0.25, 0.3) is 16.7 Å². The van der Waals surface area contributed by atoms with Crippen LogP contribution in [0.2, 0.25) is 0 Å². The molecular weight excluding hydrogens is 418 g/mol. The molecule has 3 aromatic carbocycles. The molecule has 3 aromatic rings. The van der Waals surface area contributed by atoms with Gasteiger partial charge in [0, 0.05) is 13.1 Å². The van der Waals surface area contributed by atoms with Gasteiger partial charge in [0.05, 0.1) is 12.2 Å². The summed E-state index contributed by atoms with van der Waals surface area (Å²) in [5.74, 6) is 1.07. The molecule has 0 fully saturated rings. The minimum Gasteiger partial charge on any atom is -0.465 e. The van der Waals surface area contributed by atoms with Crippen molar-refractivity contribution in [1.82, 2.24) is 4.90 Å². The van der Waals surface area contributed by atoms with Gasteiger partial charge in [-0.3, -0.25) is 0 Å². The molecule has 0 radical (unpaired) electrons. The molecule has 6 heteroatoms. The Morgan fingerprint density at radius 1 is 0.939 bits per heavy atom. The molecule has 4 rings (SSSR count). The number of para-hydroxylation sites is 1. The molecule has 0 bridgehead atoms. The number of ether oxygens (including phenoxy) is 2. The average Bonchev–Trinajstić information content (AvgIpc) is 2.85. The molecule has 0 unspecified atom stereocenters. The van der Waals surface area contributed by atoms with Crippen LogP contribution in [0.5, 0.6) is 11.5 Å². The van der Waals surface area contributed by atoms with Crippen LogP contribution < -0.4 is 4.74 Å². The Labute approximate surface area is 192 Å². The third kappa shape index (κ3) is 5.23. The maximum absolute atomic E-state index is 12.6. The molecule has 1 aliphatic heterocycles. The first-order chi connectivity index (χ1) is 16.0. The Hall–Kier alpha value is -4.06. The summed E-state index contributed by atoms with van der Waals surface area (Å²) in [6.07, 6.45) is 1.63. The summed E-state index contributed by atoms with van der Waals surface area (Å²) >= 11 is 0. The van der Waals surface area contributed by atoms with Crippen LogP contribution in [0.4, 0.5) is 4.79 Å². The van der Waals surface area contributed by atoms with Gasteiger partial charge in [0.15, 0.2) is 0 Å². The molecule has 6 nitrogen and oxygen atoms in total. The molecule has 1 N–H and O–H groups in total. The maximum atomic E-state index is 12.6. The number of carbonyl (C=O) groups excluding carboxylic acids is 1. The van der Waals surface area contributed by atoms with E-state index in [4.69, 9.17) is 9.47 Å². The molecule has 168 valence electrons. The number of amides is 1. The van der Waals surface area contributed by atoms with Gasteiger partial charge in [0.2, 0.25) is 0 Å². The van der Waals surface area contributed by atoms with Crippen molar-refractivity contribution in [1.29, 1.82) is 0 Å². The molecule has 33 heavy (non-hydrogen) atoms. The van der Waals surface area contributed by atoms with Crippen LogP contribution in [0.15, 0.2) is 78.9 Å². The fourth-order valence-corrected chi connectivity index (χ4v) is 3.80. The van der Waals surface area contributed by atoms with Crippen LogP contribution in [0.3, 0.4) is 0 Å². The number of carbonyl (C=O) groups is 2. The number of hydrogen-bond acceptors (Lipinski definition) is 4. The zero-order valence-electron chi connectivity index (χ0n) is 18.4. The normalized spacial score (nSPS) is 13.2. The average molecular weight is 443 g/mol. The summed E-state index contributed by atoms with van der Waals surface area (Å²) in [7, 11) is 0. The Bertz CT molecular complexity index is 1170. The topological polar surface area (TPSA) is 76.1 Å². The largest absolute Gasteiger partial charge is 0.465 e. The Morgan fingerprint density at radius 3 is 2.27 bits per heavy atom. The van der Waals surface area contributed by atoms with E-state index in [1.165, 1.54) is 4.90 Å². The lowest BCUT2D eigenvalue weighted by atomic mass is 9.92. The molecule has 0 atom stereocenters. The van der Waals surface area contributed by atoms with Crippen molar-refractivity contribution < 1.29 is 24.2 Å². The van der Waals surface area contributed by atoms with Gasteiger partial charge in [-0.25, -0.2) is 9.59 Å². The zero-order chi connectivity index (χ0) is 23.2.